The minimum Gasteiger partial charge on any atom is -0.365 e. The van der Waals surface area contributed by atoms with E-state index in [0.29, 0.717) is 5.95 Å². The SMILES string of the molecule is CCCNc1nccc(NCc2ccc(-c3ccccc3)s2)n1. The Balaban J connectivity index is 1.62. The number of nitrogens with one attached hydrogen (secondary N) is 2. The fourth-order valence-electron chi connectivity index (χ4n) is 2.19. The van der Waals surface area contributed by atoms with Gasteiger partial charge in [0.05, 0.1) is 6.54 Å². The van der Waals surface area contributed by atoms with Crippen molar-refractivity contribution in [3.05, 3.63) is 59.6 Å². The van der Waals surface area contributed by atoms with Crippen molar-refractivity contribution in [1.82, 2.24) is 9.97 Å². The molecule has 0 saturated heterocycles. The van der Waals surface area contributed by atoms with Crippen LogP contribution in [0.2, 0.25) is 0 Å². The lowest BCUT2D eigenvalue weighted by Crippen LogP contribution is -2.06. The Hall–Kier alpha value is -2.40. The van der Waals surface area contributed by atoms with Crippen molar-refractivity contribution in [3.8, 4) is 10.4 Å². The summed E-state index contributed by atoms with van der Waals surface area (Å²) in [6.45, 7) is 3.77. The summed E-state index contributed by atoms with van der Waals surface area (Å²) in [6.07, 6.45) is 2.83. The molecule has 0 bridgehead atoms. The van der Waals surface area contributed by atoms with Gasteiger partial charge in [-0.2, -0.15) is 4.98 Å². The average molecular weight is 324 g/mol. The standard InChI is InChI=1S/C18H20N4S/c1-2-11-19-18-20-12-10-17(22-18)21-13-15-8-9-16(23-15)14-6-4-3-5-7-14/h3-10,12H,2,11,13H2,1H3,(H2,19,20,21,22). The molecule has 3 rings (SSSR count). The second-order valence-corrected chi connectivity index (χ2v) is 6.35. The monoisotopic (exact) mass is 324 g/mol. The third-order valence-corrected chi connectivity index (χ3v) is 4.49. The zero-order valence-electron chi connectivity index (χ0n) is 13.1. The molecule has 0 aliphatic heterocycles. The van der Waals surface area contributed by atoms with E-state index in [2.05, 4.69) is 63.9 Å². The van der Waals surface area contributed by atoms with E-state index in [4.69, 9.17) is 0 Å². The third kappa shape index (κ3) is 4.29. The molecule has 1 aromatic carbocycles. The number of rotatable bonds is 7. The summed E-state index contributed by atoms with van der Waals surface area (Å²) in [5.41, 5.74) is 1.26. The maximum absolute atomic E-state index is 4.46. The Morgan fingerprint density at radius 2 is 1.87 bits per heavy atom. The van der Waals surface area contributed by atoms with E-state index in [0.717, 1.165) is 25.3 Å². The highest BCUT2D eigenvalue weighted by Crippen LogP contribution is 2.28. The molecular formula is C18H20N4S. The lowest BCUT2D eigenvalue weighted by Gasteiger charge is -2.06. The van der Waals surface area contributed by atoms with Crippen LogP contribution in [0.4, 0.5) is 11.8 Å². The minimum atomic E-state index is 0.674. The fraction of sp³-hybridized carbons (Fsp3) is 0.222. The fourth-order valence-corrected chi connectivity index (χ4v) is 3.14. The first-order valence-corrected chi connectivity index (χ1v) is 8.61. The molecular weight excluding hydrogens is 304 g/mol. The number of aromatic nitrogens is 2. The molecule has 118 valence electrons. The predicted octanol–water partition coefficient (Wildman–Crippen LogP) is 4.64. The van der Waals surface area contributed by atoms with Crippen molar-refractivity contribution in [3.63, 3.8) is 0 Å². The van der Waals surface area contributed by atoms with Gasteiger partial charge in [0, 0.05) is 22.5 Å². The first kappa shape index (κ1) is 15.5. The van der Waals surface area contributed by atoms with E-state index >= 15 is 0 Å². The summed E-state index contributed by atoms with van der Waals surface area (Å²) in [5, 5.41) is 6.56. The van der Waals surface area contributed by atoms with Crippen LogP contribution in [0.3, 0.4) is 0 Å². The summed E-state index contributed by atoms with van der Waals surface area (Å²) in [5.74, 6) is 1.52. The van der Waals surface area contributed by atoms with Gasteiger partial charge in [-0.3, -0.25) is 0 Å². The van der Waals surface area contributed by atoms with Crippen LogP contribution < -0.4 is 10.6 Å². The molecule has 2 aromatic heterocycles. The summed E-state index contributed by atoms with van der Waals surface area (Å²) in [6, 6.07) is 16.7. The minimum absolute atomic E-state index is 0.674. The first-order valence-electron chi connectivity index (χ1n) is 7.80. The van der Waals surface area contributed by atoms with E-state index in [1.165, 1.54) is 15.3 Å². The van der Waals surface area contributed by atoms with Crippen LogP contribution in [0, 0.1) is 0 Å². The van der Waals surface area contributed by atoms with Crippen LogP contribution in [0.5, 0.6) is 0 Å². The van der Waals surface area contributed by atoms with E-state index in [1.54, 1.807) is 17.5 Å². The average Bonchev–Trinajstić information content (AvgIpc) is 3.08. The zero-order valence-corrected chi connectivity index (χ0v) is 13.9. The molecule has 0 aliphatic rings. The summed E-state index contributed by atoms with van der Waals surface area (Å²) in [7, 11) is 0. The van der Waals surface area contributed by atoms with Crippen LogP contribution in [-0.4, -0.2) is 16.5 Å². The Labute approximate surface area is 140 Å². The van der Waals surface area contributed by atoms with Gasteiger partial charge in [-0.25, -0.2) is 4.98 Å². The molecule has 0 atom stereocenters. The van der Waals surface area contributed by atoms with Crippen LogP contribution in [0.1, 0.15) is 18.2 Å². The van der Waals surface area contributed by atoms with Gasteiger partial charge >= 0.3 is 0 Å². The Bertz CT molecular complexity index is 740. The highest BCUT2D eigenvalue weighted by Gasteiger charge is 2.03. The number of thiophene rings is 1. The van der Waals surface area contributed by atoms with Gasteiger partial charge < -0.3 is 10.6 Å². The molecule has 0 fully saturated rings. The lowest BCUT2D eigenvalue weighted by molar-refractivity contribution is 0.950. The van der Waals surface area contributed by atoms with Gasteiger partial charge in [0.15, 0.2) is 0 Å². The maximum atomic E-state index is 4.46. The van der Waals surface area contributed by atoms with Crippen LogP contribution in [-0.2, 0) is 6.54 Å². The van der Waals surface area contributed by atoms with Crippen LogP contribution in [0.15, 0.2) is 54.7 Å². The molecule has 0 spiro atoms. The normalized spacial score (nSPS) is 10.5. The highest BCUT2D eigenvalue weighted by atomic mass is 32.1. The van der Waals surface area contributed by atoms with Gasteiger partial charge in [-0.05, 0) is 30.2 Å². The van der Waals surface area contributed by atoms with Crippen molar-refractivity contribution in [2.75, 3.05) is 17.2 Å². The Kier molecular flexibility index (Phi) is 5.21. The van der Waals surface area contributed by atoms with Crippen molar-refractivity contribution in [2.45, 2.75) is 19.9 Å². The molecule has 0 saturated carbocycles. The van der Waals surface area contributed by atoms with E-state index < -0.39 is 0 Å². The smallest absolute Gasteiger partial charge is 0.224 e. The summed E-state index contributed by atoms with van der Waals surface area (Å²) >= 11 is 1.80. The Morgan fingerprint density at radius 1 is 1.00 bits per heavy atom. The van der Waals surface area contributed by atoms with Gasteiger partial charge in [0.25, 0.3) is 0 Å². The van der Waals surface area contributed by atoms with E-state index in [-0.39, 0.29) is 0 Å². The number of hydrogen-bond donors (Lipinski definition) is 2. The van der Waals surface area contributed by atoms with Crippen molar-refractivity contribution < 1.29 is 0 Å². The predicted molar refractivity (Wildman–Crippen MR) is 97.9 cm³/mol. The molecule has 0 unspecified atom stereocenters. The topological polar surface area (TPSA) is 49.8 Å². The number of nitrogens with zero attached hydrogens (tertiary/aromatic N) is 2. The zero-order chi connectivity index (χ0) is 15.9. The molecule has 23 heavy (non-hydrogen) atoms. The second-order valence-electron chi connectivity index (χ2n) is 5.18. The van der Waals surface area contributed by atoms with Crippen molar-refractivity contribution >= 4 is 23.1 Å². The van der Waals surface area contributed by atoms with Gasteiger partial charge in [0.1, 0.15) is 5.82 Å². The van der Waals surface area contributed by atoms with Crippen LogP contribution >= 0.6 is 11.3 Å². The summed E-state index contributed by atoms with van der Waals surface area (Å²) in [4.78, 5) is 11.2. The van der Waals surface area contributed by atoms with Crippen molar-refractivity contribution in [2.24, 2.45) is 0 Å². The molecule has 5 heteroatoms. The van der Waals surface area contributed by atoms with E-state index in [9.17, 15) is 0 Å². The molecule has 2 N–H and O–H groups in total. The highest BCUT2D eigenvalue weighted by molar-refractivity contribution is 7.15. The molecule has 0 radical (unpaired) electrons. The first-order chi connectivity index (χ1) is 11.3. The molecule has 3 aromatic rings. The van der Waals surface area contributed by atoms with Gasteiger partial charge in [-0.15, -0.1) is 11.3 Å². The van der Waals surface area contributed by atoms with Crippen molar-refractivity contribution in [1.29, 1.82) is 0 Å². The van der Waals surface area contributed by atoms with E-state index in [1.807, 2.05) is 12.1 Å². The van der Waals surface area contributed by atoms with Gasteiger partial charge in [0.2, 0.25) is 5.95 Å². The number of anilines is 2. The quantitative estimate of drug-likeness (QED) is 0.665. The number of benzene rings is 1. The number of hydrogen-bond acceptors (Lipinski definition) is 5. The molecule has 0 amide bonds. The molecule has 2 heterocycles. The van der Waals surface area contributed by atoms with Gasteiger partial charge in [-0.1, -0.05) is 37.3 Å². The second kappa shape index (κ2) is 7.74. The third-order valence-electron chi connectivity index (χ3n) is 3.35. The summed E-state index contributed by atoms with van der Waals surface area (Å²) < 4.78 is 0. The lowest BCUT2D eigenvalue weighted by atomic mass is 10.2. The molecule has 4 nitrogen and oxygen atoms in total. The Morgan fingerprint density at radius 3 is 2.70 bits per heavy atom. The molecule has 0 aliphatic carbocycles. The van der Waals surface area contributed by atoms with Crippen LogP contribution in [0.25, 0.3) is 10.4 Å². The largest absolute Gasteiger partial charge is 0.365 e. The maximum Gasteiger partial charge on any atom is 0.224 e.